The normalized spacial score (nSPS) is 12.6. The number of esters is 1. The molecule has 0 unspecified atom stereocenters. The van der Waals surface area contributed by atoms with E-state index in [4.69, 9.17) is 17.0 Å². The van der Waals surface area contributed by atoms with Gasteiger partial charge in [-0.2, -0.15) is 8.78 Å². The van der Waals surface area contributed by atoms with Crippen LogP contribution < -0.4 is 15.4 Å². The van der Waals surface area contributed by atoms with Gasteiger partial charge in [0.05, 0.1) is 18.4 Å². The van der Waals surface area contributed by atoms with Gasteiger partial charge in [0.2, 0.25) is 0 Å². The number of fused-ring (bicyclic) bond motifs is 1. The van der Waals surface area contributed by atoms with Crippen molar-refractivity contribution in [3.63, 3.8) is 0 Å². The van der Waals surface area contributed by atoms with Crippen LogP contribution in [0.5, 0.6) is 5.75 Å². The second-order valence-electron chi connectivity index (χ2n) is 6.01. The van der Waals surface area contributed by atoms with Gasteiger partial charge in [-0.3, -0.25) is 0 Å². The minimum absolute atomic E-state index is 0.00369. The Hall–Kier alpha value is -2.26. The van der Waals surface area contributed by atoms with E-state index >= 15 is 0 Å². The van der Waals surface area contributed by atoms with E-state index in [1.54, 1.807) is 19.1 Å². The zero-order valence-corrected chi connectivity index (χ0v) is 16.4. The van der Waals surface area contributed by atoms with Crippen LogP contribution in [-0.2, 0) is 17.6 Å². The van der Waals surface area contributed by atoms with Crippen molar-refractivity contribution < 1.29 is 23.0 Å². The summed E-state index contributed by atoms with van der Waals surface area (Å²) in [5.41, 5.74) is 2.57. The van der Waals surface area contributed by atoms with Crippen LogP contribution in [0.15, 0.2) is 18.2 Å². The molecule has 0 fully saturated rings. The fourth-order valence-corrected chi connectivity index (χ4v) is 4.55. The van der Waals surface area contributed by atoms with Crippen molar-refractivity contribution in [3.8, 4) is 5.75 Å². The molecule has 0 bridgehead atoms. The van der Waals surface area contributed by atoms with Gasteiger partial charge in [0.1, 0.15) is 10.8 Å². The highest BCUT2D eigenvalue weighted by atomic mass is 32.1. The summed E-state index contributed by atoms with van der Waals surface area (Å²) in [4.78, 5) is 13.3. The molecule has 0 radical (unpaired) electrons. The predicted molar refractivity (Wildman–Crippen MR) is 105 cm³/mol. The standard InChI is InChI=1S/C18H18F2N2O3S2/c1-9-6-7-11(12(8-9)25-17(19)20)21-18(26)22-15-14(16(23)24-2)10-4-3-5-13(10)27-15/h6-8,17H,3-5H2,1-2H3,(H2,21,22,26). The molecule has 2 aromatic rings. The van der Waals surface area contributed by atoms with Gasteiger partial charge in [-0.05, 0) is 61.7 Å². The number of rotatable bonds is 5. The Kier molecular flexibility index (Phi) is 5.91. The first-order valence-electron chi connectivity index (χ1n) is 8.25. The molecule has 0 spiro atoms. The van der Waals surface area contributed by atoms with Crippen molar-refractivity contribution in [1.29, 1.82) is 0 Å². The molecule has 5 nitrogen and oxygen atoms in total. The van der Waals surface area contributed by atoms with E-state index in [1.807, 2.05) is 0 Å². The minimum atomic E-state index is -2.94. The molecule has 1 aliphatic rings. The highest BCUT2D eigenvalue weighted by molar-refractivity contribution is 7.80. The smallest absolute Gasteiger partial charge is 0.387 e. The SMILES string of the molecule is COC(=O)c1c(NC(=S)Nc2ccc(C)cc2OC(F)F)sc2c1CCC2. The first-order valence-corrected chi connectivity index (χ1v) is 9.48. The molecule has 9 heteroatoms. The highest BCUT2D eigenvalue weighted by Crippen LogP contribution is 2.39. The maximum Gasteiger partial charge on any atom is 0.387 e. The van der Waals surface area contributed by atoms with E-state index in [-0.39, 0.29) is 10.9 Å². The number of hydrogen-bond acceptors (Lipinski definition) is 5. The number of carbonyl (C=O) groups is 1. The van der Waals surface area contributed by atoms with Crippen molar-refractivity contribution in [3.05, 3.63) is 39.8 Å². The Balaban J connectivity index is 1.81. The highest BCUT2D eigenvalue weighted by Gasteiger charge is 2.27. The van der Waals surface area contributed by atoms with Gasteiger partial charge < -0.3 is 20.1 Å². The third-order valence-corrected chi connectivity index (χ3v) is 5.55. The maximum absolute atomic E-state index is 12.6. The number of hydrogen-bond donors (Lipinski definition) is 2. The van der Waals surface area contributed by atoms with E-state index < -0.39 is 12.6 Å². The molecular formula is C18H18F2N2O3S2. The molecule has 1 aromatic heterocycles. The predicted octanol–water partition coefficient (Wildman–Crippen LogP) is 4.74. The first kappa shape index (κ1) is 19.5. The van der Waals surface area contributed by atoms with Crippen LogP contribution in [0.25, 0.3) is 0 Å². The number of thiophene rings is 1. The number of nitrogens with one attached hydrogen (secondary N) is 2. The summed E-state index contributed by atoms with van der Waals surface area (Å²) in [5, 5.41) is 6.61. The third kappa shape index (κ3) is 4.36. The van der Waals surface area contributed by atoms with Crippen molar-refractivity contribution in [1.82, 2.24) is 0 Å². The fraction of sp³-hybridized carbons (Fsp3) is 0.333. The summed E-state index contributed by atoms with van der Waals surface area (Å²) >= 11 is 6.76. The molecule has 3 rings (SSSR count). The van der Waals surface area contributed by atoms with Gasteiger partial charge in [0.15, 0.2) is 5.11 Å². The van der Waals surface area contributed by atoms with Crippen molar-refractivity contribution in [2.75, 3.05) is 17.7 Å². The zero-order valence-electron chi connectivity index (χ0n) is 14.7. The number of methoxy groups -OCH3 is 1. The van der Waals surface area contributed by atoms with Crippen molar-refractivity contribution >= 4 is 45.3 Å². The van der Waals surface area contributed by atoms with Crippen LogP contribution in [0.1, 0.15) is 32.8 Å². The third-order valence-electron chi connectivity index (χ3n) is 4.14. The molecule has 1 heterocycles. The lowest BCUT2D eigenvalue weighted by Gasteiger charge is -2.15. The Labute approximate surface area is 164 Å². The number of aryl methyl sites for hydroxylation is 2. The second-order valence-corrected chi connectivity index (χ2v) is 7.52. The lowest BCUT2D eigenvalue weighted by atomic mass is 10.1. The maximum atomic E-state index is 12.6. The molecular weight excluding hydrogens is 394 g/mol. The number of halogens is 2. The van der Waals surface area contributed by atoms with Crippen LogP contribution in [0.3, 0.4) is 0 Å². The molecule has 1 aromatic carbocycles. The number of ether oxygens (including phenoxy) is 2. The average Bonchev–Trinajstić information content (AvgIpc) is 3.16. The van der Waals surface area contributed by atoms with Crippen LogP contribution >= 0.6 is 23.6 Å². The van der Waals surface area contributed by atoms with Gasteiger partial charge in [0.25, 0.3) is 0 Å². The summed E-state index contributed by atoms with van der Waals surface area (Å²) in [6, 6.07) is 4.86. The van der Waals surface area contributed by atoms with E-state index in [0.717, 1.165) is 35.3 Å². The van der Waals surface area contributed by atoms with Crippen LogP contribution in [0.2, 0.25) is 0 Å². The van der Waals surface area contributed by atoms with Crippen molar-refractivity contribution in [2.45, 2.75) is 32.8 Å². The number of benzene rings is 1. The quantitative estimate of drug-likeness (QED) is 0.546. The van der Waals surface area contributed by atoms with Gasteiger partial charge in [-0.25, -0.2) is 4.79 Å². The fourth-order valence-electron chi connectivity index (χ4n) is 2.99. The van der Waals surface area contributed by atoms with Crippen LogP contribution in [-0.4, -0.2) is 24.8 Å². The molecule has 0 saturated carbocycles. The number of alkyl halides is 2. The summed E-state index contributed by atoms with van der Waals surface area (Å²) in [5.74, 6) is -0.423. The molecule has 1 aliphatic carbocycles. The van der Waals surface area contributed by atoms with Crippen LogP contribution in [0, 0.1) is 6.92 Å². The largest absolute Gasteiger partial charge is 0.465 e. The first-order chi connectivity index (χ1) is 12.9. The van der Waals surface area contributed by atoms with E-state index in [1.165, 1.54) is 24.5 Å². The van der Waals surface area contributed by atoms with Crippen molar-refractivity contribution in [2.24, 2.45) is 0 Å². The average molecular weight is 412 g/mol. The van der Waals surface area contributed by atoms with Gasteiger partial charge >= 0.3 is 12.6 Å². The second kappa shape index (κ2) is 8.18. The monoisotopic (exact) mass is 412 g/mol. The lowest BCUT2D eigenvalue weighted by molar-refractivity contribution is -0.0493. The topological polar surface area (TPSA) is 59.6 Å². The molecule has 0 saturated heterocycles. The minimum Gasteiger partial charge on any atom is -0.465 e. The lowest BCUT2D eigenvalue weighted by Crippen LogP contribution is -2.21. The van der Waals surface area contributed by atoms with Gasteiger partial charge in [0, 0.05) is 4.88 Å². The summed E-state index contributed by atoms with van der Waals surface area (Å²) in [7, 11) is 1.34. The molecule has 27 heavy (non-hydrogen) atoms. The van der Waals surface area contributed by atoms with Gasteiger partial charge in [-0.15, -0.1) is 11.3 Å². The Bertz CT molecular complexity index is 884. The van der Waals surface area contributed by atoms with E-state index in [9.17, 15) is 13.6 Å². The molecule has 2 N–H and O–H groups in total. The number of anilines is 2. The molecule has 144 valence electrons. The number of carbonyl (C=O) groups excluding carboxylic acids is 1. The zero-order chi connectivity index (χ0) is 19.6. The molecule has 0 atom stereocenters. The number of thiocarbonyl (C=S) groups is 1. The summed E-state index contributed by atoms with van der Waals surface area (Å²) in [6.45, 7) is -1.17. The summed E-state index contributed by atoms with van der Waals surface area (Å²) < 4.78 is 34.7. The Morgan fingerprint density at radius 2 is 2.07 bits per heavy atom. The van der Waals surface area contributed by atoms with E-state index in [0.29, 0.717) is 16.3 Å². The van der Waals surface area contributed by atoms with E-state index in [2.05, 4.69) is 15.4 Å². The Morgan fingerprint density at radius 3 is 2.78 bits per heavy atom. The van der Waals surface area contributed by atoms with Gasteiger partial charge in [-0.1, -0.05) is 6.07 Å². The molecule has 0 amide bonds. The molecule has 0 aliphatic heterocycles. The summed E-state index contributed by atoms with van der Waals surface area (Å²) in [6.07, 6.45) is 2.74. The Morgan fingerprint density at radius 1 is 1.30 bits per heavy atom. The van der Waals surface area contributed by atoms with Crippen LogP contribution in [0.4, 0.5) is 19.5 Å².